The van der Waals surface area contributed by atoms with E-state index in [4.69, 9.17) is 5.73 Å². The molecular weight excluding hydrogens is 278 g/mol. The Morgan fingerprint density at radius 1 is 1.32 bits per heavy atom. The van der Waals surface area contributed by atoms with Gasteiger partial charge in [-0.15, -0.1) is 0 Å². The zero-order chi connectivity index (χ0) is 15.8. The Kier molecular flexibility index (Phi) is 6.37. The summed E-state index contributed by atoms with van der Waals surface area (Å²) in [7, 11) is 0. The molecule has 0 saturated carbocycles. The predicted octanol–water partition coefficient (Wildman–Crippen LogP) is 1.91. The largest absolute Gasteiger partial charge is 0.370 e. The van der Waals surface area contributed by atoms with E-state index in [0.29, 0.717) is 18.8 Å². The lowest BCUT2D eigenvalue weighted by molar-refractivity contribution is -0.133. The number of aromatic nitrogens is 1. The van der Waals surface area contributed by atoms with Gasteiger partial charge in [0.05, 0.1) is 0 Å². The summed E-state index contributed by atoms with van der Waals surface area (Å²) in [5.74, 6) is 0.388. The Balaban J connectivity index is 1.71. The van der Waals surface area contributed by atoms with Gasteiger partial charge < -0.3 is 10.6 Å². The summed E-state index contributed by atoms with van der Waals surface area (Å²) in [6, 6.07) is 5.86. The summed E-state index contributed by atoms with van der Waals surface area (Å²) < 4.78 is 0. The molecule has 5 nitrogen and oxygen atoms in total. The summed E-state index contributed by atoms with van der Waals surface area (Å²) >= 11 is 0. The van der Waals surface area contributed by atoms with Crippen molar-refractivity contribution in [2.75, 3.05) is 13.1 Å². The molecular formula is C17H25N3O2. The van der Waals surface area contributed by atoms with Gasteiger partial charge in [0.2, 0.25) is 11.8 Å². The van der Waals surface area contributed by atoms with Gasteiger partial charge in [0.25, 0.3) is 0 Å². The van der Waals surface area contributed by atoms with E-state index >= 15 is 0 Å². The van der Waals surface area contributed by atoms with E-state index in [1.54, 1.807) is 6.20 Å². The van der Waals surface area contributed by atoms with Crippen LogP contribution in [0.2, 0.25) is 0 Å². The van der Waals surface area contributed by atoms with Crippen molar-refractivity contribution in [1.29, 1.82) is 0 Å². The highest BCUT2D eigenvalue weighted by atomic mass is 16.2. The maximum atomic E-state index is 12.3. The van der Waals surface area contributed by atoms with Crippen LogP contribution in [0.1, 0.15) is 44.2 Å². The Bertz CT molecular complexity index is 490. The van der Waals surface area contributed by atoms with Crippen LogP contribution in [0.4, 0.5) is 0 Å². The highest BCUT2D eigenvalue weighted by Gasteiger charge is 2.23. The van der Waals surface area contributed by atoms with Crippen LogP contribution >= 0.6 is 0 Å². The van der Waals surface area contributed by atoms with Crippen LogP contribution in [-0.2, 0) is 16.0 Å². The van der Waals surface area contributed by atoms with Gasteiger partial charge in [-0.1, -0.05) is 6.07 Å². The summed E-state index contributed by atoms with van der Waals surface area (Å²) in [4.78, 5) is 29.4. The fraction of sp³-hybridized carbons (Fsp3) is 0.588. The molecule has 22 heavy (non-hydrogen) atoms. The number of nitrogens with zero attached hydrogens (tertiary/aromatic N) is 2. The number of hydrogen-bond donors (Lipinski definition) is 1. The third kappa shape index (κ3) is 5.47. The van der Waals surface area contributed by atoms with Crippen LogP contribution in [0.3, 0.4) is 0 Å². The smallest absolute Gasteiger partial charge is 0.222 e. The Morgan fingerprint density at radius 3 is 2.91 bits per heavy atom. The molecule has 1 aromatic heterocycles. The molecule has 1 aromatic rings. The van der Waals surface area contributed by atoms with Gasteiger partial charge in [-0.05, 0) is 50.2 Å². The molecule has 2 N–H and O–H groups in total. The number of rotatable bonds is 7. The first-order valence-corrected chi connectivity index (χ1v) is 8.11. The maximum Gasteiger partial charge on any atom is 0.222 e. The van der Waals surface area contributed by atoms with Crippen molar-refractivity contribution in [3.8, 4) is 0 Å². The minimum absolute atomic E-state index is 0.222. The van der Waals surface area contributed by atoms with Crippen molar-refractivity contribution < 1.29 is 9.59 Å². The molecule has 2 rings (SSSR count). The van der Waals surface area contributed by atoms with E-state index in [9.17, 15) is 9.59 Å². The minimum atomic E-state index is -0.251. The number of pyridine rings is 1. The van der Waals surface area contributed by atoms with E-state index in [1.807, 2.05) is 23.1 Å². The van der Waals surface area contributed by atoms with Crippen molar-refractivity contribution in [2.24, 2.45) is 11.7 Å². The average Bonchev–Trinajstić information content (AvgIpc) is 2.54. The fourth-order valence-electron chi connectivity index (χ4n) is 3.00. The number of aryl methyl sites for hydroxylation is 1. The Labute approximate surface area is 131 Å². The highest BCUT2D eigenvalue weighted by Crippen LogP contribution is 2.21. The molecule has 2 amide bonds. The number of hydrogen-bond acceptors (Lipinski definition) is 3. The summed E-state index contributed by atoms with van der Waals surface area (Å²) in [5.41, 5.74) is 6.24. The zero-order valence-electron chi connectivity index (χ0n) is 13.0. The summed E-state index contributed by atoms with van der Waals surface area (Å²) in [6.07, 6.45) is 7.36. The highest BCUT2D eigenvalue weighted by molar-refractivity contribution is 5.76. The van der Waals surface area contributed by atoms with Crippen LogP contribution in [0.25, 0.3) is 0 Å². The number of piperidine rings is 1. The van der Waals surface area contributed by atoms with Gasteiger partial charge in [0.15, 0.2) is 0 Å². The number of carbonyl (C=O) groups excluding carboxylic acids is 2. The second-order valence-electron chi connectivity index (χ2n) is 6.03. The first-order valence-electron chi connectivity index (χ1n) is 8.11. The van der Waals surface area contributed by atoms with E-state index < -0.39 is 0 Å². The molecule has 0 spiro atoms. The SMILES string of the molecule is NC(=O)CCC1CCCN(C(=O)CCCc2ccccn2)C1. The summed E-state index contributed by atoms with van der Waals surface area (Å²) in [5, 5.41) is 0. The number of primary amides is 1. The molecule has 0 aromatic carbocycles. The zero-order valence-corrected chi connectivity index (χ0v) is 13.0. The third-order valence-corrected chi connectivity index (χ3v) is 4.22. The lowest BCUT2D eigenvalue weighted by atomic mass is 9.93. The third-order valence-electron chi connectivity index (χ3n) is 4.22. The van der Waals surface area contributed by atoms with Crippen LogP contribution in [0.15, 0.2) is 24.4 Å². The van der Waals surface area contributed by atoms with Crippen LogP contribution in [0, 0.1) is 5.92 Å². The fourth-order valence-corrected chi connectivity index (χ4v) is 3.00. The van der Waals surface area contributed by atoms with Gasteiger partial charge in [0.1, 0.15) is 0 Å². The van der Waals surface area contributed by atoms with Crippen molar-refractivity contribution in [1.82, 2.24) is 9.88 Å². The lowest BCUT2D eigenvalue weighted by Crippen LogP contribution is -2.40. The molecule has 0 aliphatic carbocycles. The molecule has 5 heteroatoms. The van der Waals surface area contributed by atoms with Gasteiger partial charge in [0, 0.05) is 37.8 Å². The molecule has 1 saturated heterocycles. The monoisotopic (exact) mass is 303 g/mol. The summed E-state index contributed by atoms with van der Waals surface area (Å²) in [6.45, 7) is 1.62. The second kappa shape index (κ2) is 8.51. The normalized spacial score (nSPS) is 18.2. The van der Waals surface area contributed by atoms with Gasteiger partial charge in [-0.3, -0.25) is 14.6 Å². The molecule has 1 atom stereocenters. The van der Waals surface area contributed by atoms with Crippen LogP contribution in [-0.4, -0.2) is 34.8 Å². The average molecular weight is 303 g/mol. The van der Waals surface area contributed by atoms with Crippen molar-refractivity contribution in [2.45, 2.75) is 44.9 Å². The number of carbonyl (C=O) groups is 2. The molecule has 1 unspecified atom stereocenters. The second-order valence-corrected chi connectivity index (χ2v) is 6.03. The van der Waals surface area contributed by atoms with Crippen molar-refractivity contribution in [3.63, 3.8) is 0 Å². The molecule has 1 aliphatic heterocycles. The molecule has 1 fully saturated rings. The molecule has 120 valence electrons. The lowest BCUT2D eigenvalue weighted by Gasteiger charge is -2.32. The first kappa shape index (κ1) is 16.5. The van der Waals surface area contributed by atoms with Crippen molar-refractivity contribution in [3.05, 3.63) is 30.1 Å². The van der Waals surface area contributed by atoms with Crippen LogP contribution in [0.5, 0.6) is 0 Å². The van der Waals surface area contributed by atoms with Gasteiger partial charge in [-0.2, -0.15) is 0 Å². The van der Waals surface area contributed by atoms with E-state index in [0.717, 1.165) is 50.9 Å². The Morgan fingerprint density at radius 2 is 2.18 bits per heavy atom. The number of likely N-dealkylation sites (tertiary alicyclic amines) is 1. The van der Waals surface area contributed by atoms with Crippen molar-refractivity contribution >= 4 is 11.8 Å². The standard InChI is InChI=1S/C17H25N3O2/c18-16(21)10-9-14-5-4-12-20(13-14)17(22)8-3-7-15-6-1-2-11-19-15/h1-2,6,11,14H,3-5,7-10,12-13H2,(H2,18,21). The van der Waals surface area contributed by atoms with E-state index in [1.165, 1.54) is 0 Å². The molecule has 0 bridgehead atoms. The minimum Gasteiger partial charge on any atom is -0.370 e. The van der Waals surface area contributed by atoms with E-state index in [-0.39, 0.29) is 11.8 Å². The van der Waals surface area contributed by atoms with E-state index in [2.05, 4.69) is 4.98 Å². The quantitative estimate of drug-likeness (QED) is 0.836. The van der Waals surface area contributed by atoms with Gasteiger partial charge in [-0.25, -0.2) is 0 Å². The Hall–Kier alpha value is -1.91. The van der Waals surface area contributed by atoms with Gasteiger partial charge >= 0.3 is 0 Å². The van der Waals surface area contributed by atoms with Crippen LogP contribution < -0.4 is 5.73 Å². The molecule has 0 radical (unpaired) electrons. The topological polar surface area (TPSA) is 76.3 Å². The molecule has 2 heterocycles. The first-order chi connectivity index (χ1) is 10.6. The number of amides is 2. The maximum absolute atomic E-state index is 12.3. The number of nitrogens with two attached hydrogens (primary N) is 1. The predicted molar refractivity (Wildman–Crippen MR) is 84.9 cm³/mol. The molecule has 1 aliphatic rings.